The number of carbonyl (C=O) groups is 1. The number of hydrogen-bond acceptors (Lipinski definition) is 5. The van der Waals surface area contributed by atoms with E-state index in [0.717, 1.165) is 25.0 Å². The average molecular weight is 336 g/mol. The summed E-state index contributed by atoms with van der Waals surface area (Å²) in [5.41, 5.74) is 5.84. The summed E-state index contributed by atoms with van der Waals surface area (Å²) >= 11 is 0. The van der Waals surface area contributed by atoms with Gasteiger partial charge >= 0.3 is 0 Å². The van der Waals surface area contributed by atoms with Crippen LogP contribution in [0.3, 0.4) is 0 Å². The van der Waals surface area contributed by atoms with Crippen molar-refractivity contribution >= 4 is 22.8 Å². The molecule has 0 saturated carbocycles. The van der Waals surface area contributed by atoms with Gasteiger partial charge in [-0.25, -0.2) is 13.8 Å². The smallest absolute Gasteiger partial charge is 0.219 e. The van der Waals surface area contributed by atoms with Gasteiger partial charge in [0.05, 0.1) is 17.2 Å². The van der Waals surface area contributed by atoms with Crippen molar-refractivity contribution < 1.29 is 18.3 Å². The molecule has 8 heteroatoms. The van der Waals surface area contributed by atoms with E-state index in [0.29, 0.717) is 19.0 Å². The number of fused-ring (bicyclic) bond motifs is 1. The first-order valence-electron chi connectivity index (χ1n) is 7.77. The van der Waals surface area contributed by atoms with Crippen LogP contribution in [0.25, 0.3) is 11.0 Å². The average Bonchev–Trinajstić information content (AvgIpc) is 2.56. The van der Waals surface area contributed by atoms with Crippen LogP contribution in [0.1, 0.15) is 19.3 Å². The molecule has 1 unspecified atom stereocenters. The third kappa shape index (κ3) is 3.76. The lowest BCUT2D eigenvalue weighted by Gasteiger charge is -2.30. The van der Waals surface area contributed by atoms with E-state index in [1.54, 1.807) is 0 Å². The highest BCUT2D eigenvalue weighted by molar-refractivity contribution is 5.76. The molecule has 1 saturated heterocycles. The summed E-state index contributed by atoms with van der Waals surface area (Å²) in [7, 11) is 0. The van der Waals surface area contributed by atoms with Crippen molar-refractivity contribution in [2.75, 3.05) is 18.5 Å². The van der Waals surface area contributed by atoms with E-state index in [2.05, 4.69) is 15.3 Å². The summed E-state index contributed by atoms with van der Waals surface area (Å²) in [6.07, 6.45) is 3.22. The van der Waals surface area contributed by atoms with Crippen molar-refractivity contribution in [1.29, 1.82) is 0 Å². The SMILES string of the molecule is NC(=O)CC(Nc1cnc2cc(F)c(F)cc2n1)C1CCOCC1. The minimum Gasteiger partial charge on any atom is -0.381 e. The van der Waals surface area contributed by atoms with E-state index in [4.69, 9.17) is 10.5 Å². The topological polar surface area (TPSA) is 90.1 Å². The lowest BCUT2D eigenvalue weighted by molar-refractivity contribution is -0.118. The first kappa shape index (κ1) is 16.5. The summed E-state index contributed by atoms with van der Waals surface area (Å²) in [6, 6.07) is 1.80. The largest absolute Gasteiger partial charge is 0.381 e. The number of carbonyl (C=O) groups excluding carboxylic acids is 1. The van der Waals surface area contributed by atoms with Crippen LogP contribution in [0.5, 0.6) is 0 Å². The fraction of sp³-hybridized carbons (Fsp3) is 0.438. The Kier molecular flexibility index (Phi) is 4.84. The van der Waals surface area contributed by atoms with Crippen LogP contribution in [0.2, 0.25) is 0 Å². The molecular formula is C16H18F2N4O2. The van der Waals surface area contributed by atoms with Gasteiger partial charge in [-0.05, 0) is 18.8 Å². The third-order valence-corrected chi connectivity index (χ3v) is 4.17. The molecule has 3 rings (SSSR count). The molecule has 0 bridgehead atoms. The molecule has 2 aromatic rings. The van der Waals surface area contributed by atoms with Crippen LogP contribution >= 0.6 is 0 Å². The predicted octanol–water partition coefficient (Wildman–Crippen LogP) is 1.99. The van der Waals surface area contributed by atoms with Crippen molar-refractivity contribution in [3.05, 3.63) is 30.0 Å². The van der Waals surface area contributed by atoms with Crippen LogP contribution in [0, 0.1) is 17.6 Å². The molecule has 1 aromatic heterocycles. The highest BCUT2D eigenvalue weighted by Crippen LogP contribution is 2.24. The molecule has 3 N–H and O–H groups in total. The van der Waals surface area contributed by atoms with Gasteiger partial charge in [-0.1, -0.05) is 0 Å². The van der Waals surface area contributed by atoms with E-state index in [1.165, 1.54) is 6.20 Å². The van der Waals surface area contributed by atoms with Gasteiger partial charge in [-0.2, -0.15) is 0 Å². The lowest BCUT2D eigenvalue weighted by Crippen LogP contribution is -2.37. The van der Waals surface area contributed by atoms with Gasteiger partial charge in [0.2, 0.25) is 5.91 Å². The van der Waals surface area contributed by atoms with Crippen LogP contribution in [0.15, 0.2) is 18.3 Å². The highest BCUT2D eigenvalue weighted by atomic mass is 19.2. The maximum Gasteiger partial charge on any atom is 0.219 e. The summed E-state index contributed by atoms with van der Waals surface area (Å²) in [5, 5.41) is 3.16. The van der Waals surface area contributed by atoms with E-state index in [-0.39, 0.29) is 29.4 Å². The maximum atomic E-state index is 13.4. The number of amides is 1. The number of benzene rings is 1. The van der Waals surface area contributed by atoms with Gasteiger partial charge in [0.25, 0.3) is 0 Å². The van der Waals surface area contributed by atoms with E-state index in [9.17, 15) is 13.6 Å². The fourth-order valence-electron chi connectivity index (χ4n) is 2.94. The quantitative estimate of drug-likeness (QED) is 0.871. The Balaban J connectivity index is 1.84. The molecule has 0 spiro atoms. The first-order valence-corrected chi connectivity index (χ1v) is 7.77. The Hall–Kier alpha value is -2.35. The Morgan fingerprint density at radius 3 is 2.62 bits per heavy atom. The zero-order valence-electron chi connectivity index (χ0n) is 13.0. The summed E-state index contributed by atoms with van der Waals surface area (Å²) < 4.78 is 31.9. The Labute approximate surface area is 137 Å². The van der Waals surface area contributed by atoms with Crippen LogP contribution in [-0.2, 0) is 9.53 Å². The molecule has 1 atom stereocenters. The second-order valence-corrected chi connectivity index (χ2v) is 5.88. The molecule has 1 amide bonds. The number of rotatable bonds is 5. The number of anilines is 1. The summed E-state index contributed by atoms with van der Waals surface area (Å²) in [4.78, 5) is 19.7. The first-order chi connectivity index (χ1) is 11.5. The van der Waals surface area contributed by atoms with Gasteiger partial charge in [-0.3, -0.25) is 9.78 Å². The number of ether oxygens (including phenoxy) is 1. The van der Waals surface area contributed by atoms with Crippen LogP contribution in [-0.4, -0.2) is 35.1 Å². The molecule has 0 aliphatic carbocycles. The lowest BCUT2D eigenvalue weighted by atomic mass is 9.89. The van der Waals surface area contributed by atoms with Gasteiger partial charge in [-0.15, -0.1) is 0 Å². The number of nitrogens with one attached hydrogen (secondary N) is 1. The molecular weight excluding hydrogens is 318 g/mol. The molecule has 128 valence electrons. The van der Waals surface area contributed by atoms with Crippen molar-refractivity contribution in [2.45, 2.75) is 25.3 Å². The molecule has 6 nitrogen and oxygen atoms in total. The number of nitrogens with two attached hydrogens (primary N) is 1. The van der Waals surface area contributed by atoms with Gasteiger partial charge in [0.15, 0.2) is 11.6 Å². The minimum atomic E-state index is -0.980. The van der Waals surface area contributed by atoms with Crippen molar-refractivity contribution in [1.82, 2.24) is 9.97 Å². The third-order valence-electron chi connectivity index (χ3n) is 4.17. The molecule has 2 heterocycles. The Bertz CT molecular complexity index is 750. The second-order valence-electron chi connectivity index (χ2n) is 5.88. The number of halogens is 2. The maximum absolute atomic E-state index is 13.4. The zero-order valence-corrected chi connectivity index (χ0v) is 13.0. The van der Waals surface area contributed by atoms with Gasteiger partial charge in [0.1, 0.15) is 5.82 Å². The Morgan fingerprint density at radius 2 is 1.96 bits per heavy atom. The van der Waals surface area contributed by atoms with E-state index >= 15 is 0 Å². The fourth-order valence-corrected chi connectivity index (χ4v) is 2.94. The predicted molar refractivity (Wildman–Crippen MR) is 84.2 cm³/mol. The van der Waals surface area contributed by atoms with Crippen molar-refractivity contribution in [3.8, 4) is 0 Å². The van der Waals surface area contributed by atoms with E-state index in [1.807, 2.05) is 0 Å². The number of primary amides is 1. The standard InChI is InChI=1S/C16H18F2N4O2/c17-10-5-13-14(6-11(10)18)22-16(8-20-13)21-12(7-15(19)23)9-1-3-24-4-2-9/h5-6,8-9,12H,1-4,7H2,(H2,19,23)(H,21,22). The van der Waals surface area contributed by atoms with Gasteiger partial charge < -0.3 is 15.8 Å². The molecule has 1 aliphatic heterocycles. The summed E-state index contributed by atoms with van der Waals surface area (Å²) in [5.74, 6) is -1.75. The van der Waals surface area contributed by atoms with Gasteiger partial charge in [0, 0.05) is 37.8 Å². The number of aromatic nitrogens is 2. The second kappa shape index (κ2) is 7.04. The molecule has 24 heavy (non-hydrogen) atoms. The van der Waals surface area contributed by atoms with Crippen LogP contribution < -0.4 is 11.1 Å². The number of nitrogens with zero attached hydrogens (tertiary/aromatic N) is 2. The summed E-state index contributed by atoms with van der Waals surface area (Å²) in [6.45, 7) is 1.27. The normalized spacial score (nSPS) is 16.9. The Morgan fingerprint density at radius 1 is 1.29 bits per heavy atom. The monoisotopic (exact) mass is 336 g/mol. The molecule has 1 aliphatic rings. The van der Waals surface area contributed by atoms with Crippen molar-refractivity contribution in [2.24, 2.45) is 11.7 Å². The van der Waals surface area contributed by atoms with E-state index < -0.39 is 17.5 Å². The molecule has 1 fully saturated rings. The zero-order chi connectivity index (χ0) is 17.1. The van der Waals surface area contributed by atoms with Crippen LogP contribution in [0.4, 0.5) is 14.6 Å². The molecule has 0 radical (unpaired) electrons. The highest BCUT2D eigenvalue weighted by Gasteiger charge is 2.26. The minimum absolute atomic E-state index is 0.155. The number of hydrogen-bond donors (Lipinski definition) is 2. The van der Waals surface area contributed by atoms with Crippen molar-refractivity contribution in [3.63, 3.8) is 0 Å². The molecule has 1 aromatic carbocycles.